The van der Waals surface area contributed by atoms with Gasteiger partial charge in [0.2, 0.25) is 5.95 Å². The minimum absolute atomic E-state index is 0.225. The van der Waals surface area contributed by atoms with Gasteiger partial charge in [0.05, 0.1) is 32.6 Å². The van der Waals surface area contributed by atoms with Crippen LogP contribution in [0.5, 0.6) is 5.75 Å². The lowest BCUT2D eigenvalue weighted by atomic mass is 9.48. The first-order valence-corrected chi connectivity index (χ1v) is 13.7. The summed E-state index contributed by atoms with van der Waals surface area (Å²) in [6, 6.07) is 10.9. The van der Waals surface area contributed by atoms with Crippen molar-refractivity contribution >= 4 is 11.8 Å². The summed E-state index contributed by atoms with van der Waals surface area (Å²) in [6.07, 6.45) is 7.86. The minimum Gasteiger partial charge on any atom is -0.496 e. The van der Waals surface area contributed by atoms with Crippen LogP contribution in [-0.2, 0) is 16.0 Å². The molecule has 38 heavy (non-hydrogen) atoms. The average Bonchev–Trinajstić information content (AvgIpc) is 2.93. The molecule has 2 aromatic rings. The molecule has 9 nitrogen and oxygen atoms in total. The SMILES string of the molecule is COCC(COC)N[C@@H]1[C@@H]2CC3C[C@H]1C[C@](CNc1nc(NCc4ccccc4OC)ncc1C#N)(C3)C2. The molecule has 4 saturated carbocycles. The van der Waals surface area contributed by atoms with Crippen LogP contribution in [0.15, 0.2) is 30.5 Å². The number of hydrogen-bond donors (Lipinski definition) is 3. The Morgan fingerprint density at radius 1 is 1.05 bits per heavy atom. The first kappa shape index (κ1) is 26.7. The summed E-state index contributed by atoms with van der Waals surface area (Å²) in [5, 5.41) is 20.5. The lowest BCUT2D eigenvalue weighted by Crippen LogP contribution is -2.62. The smallest absolute Gasteiger partial charge is 0.224 e. The molecule has 0 radical (unpaired) electrons. The Labute approximate surface area is 225 Å². The third-order valence-electron chi connectivity index (χ3n) is 8.73. The van der Waals surface area contributed by atoms with Gasteiger partial charge in [-0.25, -0.2) is 4.98 Å². The molecule has 3 N–H and O–H groups in total. The Bertz CT molecular complexity index is 1120. The third kappa shape index (κ3) is 5.73. The first-order chi connectivity index (χ1) is 18.6. The number of ether oxygens (including phenoxy) is 3. The lowest BCUT2D eigenvalue weighted by Gasteiger charge is -2.60. The van der Waals surface area contributed by atoms with E-state index in [2.05, 4.69) is 32.0 Å². The molecule has 6 rings (SSSR count). The molecule has 4 aliphatic carbocycles. The Morgan fingerprint density at radius 2 is 1.79 bits per heavy atom. The summed E-state index contributed by atoms with van der Waals surface area (Å²) in [6.45, 7) is 2.70. The fourth-order valence-electron chi connectivity index (χ4n) is 7.48. The van der Waals surface area contributed by atoms with Crippen LogP contribution in [0.1, 0.15) is 43.2 Å². The summed E-state index contributed by atoms with van der Waals surface area (Å²) in [7, 11) is 5.17. The summed E-state index contributed by atoms with van der Waals surface area (Å²) in [5.74, 6) is 4.04. The van der Waals surface area contributed by atoms with E-state index >= 15 is 0 Å². The molecule has 4 fully saturated rings. The molecule has 1 aromatic heterocycles. The maximum atomic E-state index is 9.72. The lowest BCUT2D eigenvalue weighted by molar-refractivity contribution is -0.0760. The molecule has 204 valence electrons. The normalized spacial score (nSPS) is 27.3. The molecule has 4 bridgehead atoms. The van der Waals surface area contributed by atoms with Gasteiger partial charge < -0.3 is 30.2 Å². The van der Waals surface area contributed by atoms with Gasteiger partial charge in [0.1, 0.15) is 23.2 Å². The van der Waals surface area contributed by atoms with Crippen LogP contribution in [0.4, 0.5) is 11.8 Å². The molecule has 0 saturated heterocycles. The van der Waals surface area contributed by atoms with E-state index in [9.17, 15) is 5.26 Å². The Morgan fingerprint density at radius 3 is 2.47 bits per heavy atom. The highest BCUT2D eigenvalue weighted by molar-refractivity contribution is 5.53. The molecule has 0 spiro atoms. The second kappa shape index (κ2) is 11.9. The van der Waals surface area contributed by atoms with E-state index in [0.29, 0.717) is 55.0 Å². The highest BCUT2D eigenvalue weighted by Gasteiger charge is 2.55. The maximum absolute atomic E-state index is 9.72. The van der Waals surface area contributed by atoms with Gasteiger partial charge in [-0.2, -0.15) is 10.2 Å². The number of benzene rings is 1. The van der Waals surface area contributed by atoms with Gasteiger partial charge in [0.25, 0.3) is 0 Å². The zero-order valence-corrected chi connectivity index (χ0v) is 22.7. The fourth-order valence-corrected chi connectivity index (χ4v) is 7.48. The van der Waals surface area contributed by atoms with Crippen LogP contribution in [0, 0.1) is 34.5 Å². The van der Waals surface area contributed by atoms with Gasteiger partial charge >= 0.3 is 0 Å². The maximum Gasteiger partial charge on any atom is 0.224 e. The number of para-hydroxylation sites is 1. The Hall–Kier alpha value is -2.93. The fraction of sp³-hybridized carbons (Fsp3) is 0.621. The van der Waals surface area contributed by atoms with Crippen LogP contribution >= 0.6 is 0 Å². The van der Waals surface area contributed by atoms with Crippen molar-refractivity contribution in [2.75, 3.05) is 51.7 Å². The van der Waals surface area contributed by atoms with Crippen molar-refractivity contribution < 1.29 is 14.2 Å². The molecule has 1 heterocycles. The van der Waals surface area contributed by atoms with Crippen molar-refractivity contribution in [3.8, 4) is 11.8 Å². The number of rotatable bonds is 13. The van der Waals surface area contributed by atoms with Crippen molar-refractivity contribution in [1.82, 2.24) is 15.3 Å². The molecule has 4 aliphatic rings. The van der Waals surface area contributed by atoms with Gasteiger partial charge in [-0.1, -0.05) is 18.2 Å². The number of hydrogen-bond acceptors (Lipinski definition) is 9. The van der Waals surface area contributed by atoms with E-state index in [1.165, 1.54) is 32.1 Å². The third-order valence-corrected chi connectivity index (χ3v) is 8.73. The molecule has 1 aromatic carbocycles. The number of nitriles is 1. The molecular formula is C29H40N6O3. The summed E-state index contributed by atoms with van der Waals surface area (Å²) in [4.78, 5) is 9.06. The van der Waals surface area contributed by atoms with Crippen molar-refractivity contribution in [2.45, 2.75) is 50.7 Å². The zero-order valence-electron chi connectivity index (χ0n) is 22.7. The highest BCUT2D eigenvalue weighted by atomic mass is 16.5. The van der Waals surface area contributed by atoms with Gasteiger partial charge in [-0.05, 0) is 61.3 Å². The van der Waals surface area contributed by atoms with Crippen molar-refractivity contribution in [2.24, 2.45) is 23.2 Å². The zero-order chi connectivity index (χ0) is 26.5. The number of aromatic nitrogens is 2. The molecular weight excluding hydrogens is 480 g/mol. The predicted molar refractivity (Wildman–Crippen MR) is 146 cm³/mol. The summed E-state index contributed by atoms with van der Waals surface area (Å²) >= 11 is 0. The Kier molecular flexibility index (Phi) is 8.32. The van der Waals surface area contributed by atoms with Gasteiger partial charge in [-0.15, -0.1) is 0 Å². The quantitative estimate of drug-likeness (QED) is 0.363. The van der Waals surface area contributed by atoms with Crippen molar-refractivity contribution in [3.05, 3.63) is 41.6 Å². The second-order valence-electron chi connectivity index (χ2n) is 11.4. The standard InChI is InChI=1S/C29H40N6O3/c1-36-16-24(17-37-2)34-26-21-8-19-9-22(26)12-29(10-19,11-21)18-33-27-23(13-30)15-32-28(35-27)31-14-20-6-4-5-7-25(20)38-3/h4-7,15,19,21-22,24,26,34H,8-12,14,16-18H2,1-3H3,(H2,31,32,33,35)/t19?,21-,22+,26-,29+. The average molecular weight is 521 g/mol. The Balaban J connectivity index is 1.24. The van der Waals surface area contributed by atoms with E-state index in [4.69, 9.17) is 14.2 Å². The van der Waals surface area contributed by atoms with E-state index < -0.39 is 0 Å². The van der Waals surface area contributed by atoms with Crippen molar-refractivity contribution in [1.29, 1.82) is 5.26 Å². The molecule has 0 aliphatic heterocycles. The predicted octanol–water partition coefficient (Wildman–Crippen LogP) is 3.83. The molecule has 1 unspecified atom stereocenters. The molecule has 5 atom stereocenters. The number of nitrogens with zero attached hydrogens (tertiary/aromatic N) is 3. The van der Waals surface area contributed by atoms with Crippen LogP contribution in [0.3, 0.4) is 0 Å². The topological polar surface area (TPSA) is 113 Å². The van der Waals surface area contributed by atoms with E-state index in [-0.39, 0.29) is 11.5 Å². The molecule has 9 heteroatoms. The van der Waals surface area contributed by atoms with E-state index in [0.717, 1.165) is 23.8 Å². The number of methoxy groups -OCH3 is 3. The van der Waals surface area contributed by atoms with Crippen LogP contribution < -0.4 is 20.7 Å². The first-order valence-electron chi connectivity index (χ1n) is 13.7. The summed E-state index contributed by atoms with van der Waals surface area (Å²) < 4.78 is 16.3. The summed E-state index contributed by atoms with van der Waals surface area (Å²) in [5.41, 5.74) is 1.74. The number of anilines is 2. The van der Waals surface area contributed by atoms with Crippen LogP contribution in [-0.4, -0.2) is 63.1 Å². The van der Waals surface area contributed by atoms with Crippen molar-refractivity contribution in [3.63, 3.8) is 0 Å². The number of nitrogens with one attached hydrogen (secondary N) is 3. The highest BCUT2D eigenvalue weighted by Crippen LogP contribution is 2.60. The van der Waals surface area contributed by atoms with Gasteiger partial charge in [0, 0.05) is 38.9 Å². The second-order valence-corrected chi connectivity index (χ2v) is 11.4. The van der Waals surface area contributed by atoms with E-state index in [1.807, 2.05) is 24.3 Å². The van der Waals surface area contributed by atoms with Gasteiger partial charge in [0.15, 0.2) is 0 Å². The largest absolute Gasteiger partial charge is 0.496 e. The minimum atomic E-state index is 0.225. The van der Waals surface area contributed by atoms with Gasteiger partial charge in [-0.3, -0.25) is 0 Å². The molecule has 0 amide bonds. The van der Waals surface area contributed by atoms with Crippen LogP contribution in [0.25, 0.3) is 0 Å². The monoisotopic (exact) mass is 520 g/mol. The van der Waals surface area contributed by atoms with E-state index in [1.54, 1.807) is 27.5 Å². The van der Waals surface area contributed by atoms with Crippen LogP contribution in [0.2, 0.25) is 0 Å².